The summed E-state index contributed by atoms with van der Waals surface area (Å²) in [6, 6.07) is 0. The third-order valence-electron chi connectivity index (χ3n) is 4.36. The lowest BCUT2D eigenvalue weighted by Crippen LogP contribution is -2.53. The minimum Gasteiger partial charge on any atom is -0.356 e. The fourth-order valence-electron chi connectivity index (χ4n) is 2.85. The van der Waals surface area contributed by atoms with E-state index in [2.05, 4.69) is 5.32 Å². The van der Waals surface area contributed by atoms with Gasteiger partial charge in [0.2, 0.25) is 5.91 Å². The predicted octanol–water partition coefficient (Wildman–Crippen LogP) is 2.23. The number of nitrogens with one attached hydrogen (secondary N) is 1. The fourth-order valence-corrected chi connectivity index (χ4v) is 2.85. The molecule has 2 atom stereocenters. The van der Waals surface area contributed by atoms with Crippen LogP contribution in [-0.4, -0.2) is 18.0 Å². The zero-order chi connectivity index (χ0) is 11.6. The summed E-state index contributed by atoms with van der Waals surface area (Å²) in [5, 5.41) is 3.09. The van der Waals surface area contributed by atoms with Crippen LogP contribution in [0.2, 0.25) is 0 Å². The van der Waals surface area contributed by atoms with Crippen molar-refractivity contribution in [3.05, 3.63) is 0 Å². The highest BCUT2D eigenvalue weighted by molar-refractivity contribution is 5.85. The number of rotatable bonds is 3. The third kappa shape index (κ3) is 3.59. The molecule has 0 radical (unpaired) electrons. The lowest BCUT2D eigenvalue weighted by atomic mass is 9.74. The highest BCUT2D eigenvalue weighted by atomic mass is 35.5. The molecule has 17 heavy (non-hydrogen) atoms. The van der Waals surface area contributed by atoms with Crippen LogP contribution in [-0.2, 0) is 4.79 Å². The highest BCUT2D eigenvalue weighted by Gasteiger charge is 2.37. The number of carbonyl (C=O) groups is 1. The van der Waals surface area contributed by atoms with Gasteiger partial charge in [-0.3, -0.25) is 4.79 Å². The van der Waals surface area contributed by atoms with Crippen molar-refractivity contribution in [3.63, 3.8) is 0 Å². The number of amides is 1. The number of hydrogen-bond acceptors (Lipinski definition) is 2. The molecule has 2 rings (SSSR count). The van der Waals surface area contributed by atoms with Crippen LogP contribution in [0.15, 0.2) is 0 Å². The van der Waals surface area contributed by atoms with E-state index in [-0.39, 0.29) is 29.8 Å². The Hall–Kier alpha value is -0.280. The first kappa shape index (κ1) is 14.8. The van der Waals surface area contributed by atoms with E-state index >= 15 is 0 Å². The molecular weight excluding hydrogens is 236 g/mol. The van der Waals surface area contributed by atoms with Crippen LogP contribution in [0.3, 0.4) is 0 Å². The monoisotopic (exact) mass is 260 g/mol. The van der Waals surface area contributed by atoms with Gasteiger partial charge in [-0.25, -0.2) is 0 Å². The summed E-state index contributed by atoms with van der Waals surface area (Å²) in [5.74, 6) is 0.953. The quantitative estimate of drug-likeness (QED) is 0.818. The molecule has 1 amide bonds. The lowest BCUT2D eigenvalue weighted by Gasteiger charge is -2.37. The Morgan fingerprint density at radius 1 is 1.29 bits per heavy atom. The Morgan fingerprint density at radius 2 is 2.00 bits per heavy atom. The zero-order valence-corrected chi connectivity index (χ0v) is 11.5. The Labute approximate surface area is 110 Å². The minimum absolute atomic E-state index is 0. The summed E-state index contributed by atoms with van der Waals surface area (Å²) < 4.78 is 0. The van der Waals surface area contributed by atoms with Crippen molar-refractivity contribution >= 4 is 18.3 Å². The molecular formula is C13H25ClN2O. The molecule has 100 valence electrons. The van der Waals surface area contributed by atoms with E-state index in [0.717, 1.165) is 31.7 Å². The SMILES string of the molecule is CC1(N)CCCCC1C(=O)NCC1CCC1.Cl. The first-order valence-corrected chi connectivity index (χ1v) is 6.66. The van der Waals surface area contributed by atoms with Crippen LogP contribution >= 0.6 is 12.4 Å². The van der Waals surface area contributed by atoms with Gasteiger partial charge in [-0.1, -0.05) is 19.3 Å². The number of carbonyl (C=O) groups excluding carboxylic acids is 1. The molecule has 0 spiro atoms. The van der Waals surface area contributed by atoms with Gasteiger partial charge in [0.25, 0.3) is 0 Å². The van der Waals surface area contributed by atoms with Crippen LogP contribution in [0.1, 0.15) is 51.9 Å². The lowest BCUT2D eigenvalue weighted by molar-refractivity contribution is -0.128. The molecule has 2 aliphatic rings. The van der Waals surface area contributed by atoms with Crippen LogP contribution < -0.4 is 11.1 Å². The van der Waals surface area contributed by atoms with Gasteiger partial charge in [0.05, 0.1) is 5.92 Å². The second kappa shape index (κ2) is 6.05. The topological polar surface area (TPSA) is 55.1 Å². The van der Waals surface area contributed by atoms with Crippen molar-refractivity contribution in [3.8, 4) is 0 Å². The zero-order valence-electron chi connectivity index (χ0n) is 10.7. The van der Waals surface area contributed by atoms with Crippen LogP contribution in [0.5, 0.6) is 0 Å². The van der Waals surface area contributed by atoms with E-state index in [1.807, 2.05) is 6.92 Å². The highest BCUT2D eigenvalue weighted by Crippen LogP contribution is 2.32. The largest absolute Gasteiger partial charge is 0.356 e. The van der Waals surface area contributed by atoms with E-state index in [0.29, 0.717) is 0 Å². The molecule has 3 N–H and O–H groups in total. The van der Waals surface area contributed by atoms with Crippen molar-refractivity contribution in [1.82, 2.24) is 5.32 Å². The summed E-state index contributed by atoms with van der Waals surface area (Å²) in [6.07, 6.45) is 8.15. The van der Waals surface area contributed by atoms with E-state index in [4.69, 9.17) is 5.73 Å². The summed E-state index contributed by atoms with van der Waals surface area (Å²) >= 11 is 0. The van der Waals surface area contributed by atoms with Gasteiger partial charge in [0, 0.05) is 12.1 Å². The Bertz CT molecular complexity index is 264. The van der Waals surface area contributed by atoms with E-state index in [1.54, 1.807) is 0 Å². The van der Waals surface area contributed by atoms with Gasteiger partial charge in [0.15, 0.2) is 0 Å². The predicted molar refractivity (Wildman–Crippen MR) is 72.1 cm³/mol. The molecule has 0 bridgehead atoms. The summed E-state index contributed by atoms with van der Waals surface area (Å²) in [6.45, 7) is 2.89. The van der Waals surface area contributed by atoms with Crippen molar-refractivity contribution < 1.29 is 4.79 Å². The third-order valence-corrected chi connectivity index (χ3v) is 4.36. The van der Waals surface area contributed by atoms with Gasteiger partial charge >= 0.3 is 0 Å². The second-order valence-corrected chi connectivity index (χ2v) is 5.85. The average molecular weight is 261 g/mol. The molecule has 3 nitrogen and oxygen atoms in total. The average Bonchev–Trinajstić information content (AvgIpc) is 2.14. The van der Waals surface area contributed by atoms with Crippen molar-refractivity contribution in [2.45, 2.75) is 57.4 Å². The molecule has 0 saturated heterocycles. The molecule has 2 aliphatic carbocycles. The van der Waals surface area contributed by atoms with E-state index in [9.17, 15) is 4.79 Å². The molecule has 0 aliphatic heterocycles. The fraction of sp³-hybridized carbons (Fsp3) is 0.923. The van der Waals surface area contributed by atoms with E-state index in [1.165, 1.54) is 25.7 Å². The molecule has 2 unspecified atom stereocenters. The maximum atomic E-state index is 12.1. The number of hydrogen-bond donors (Lipinski definition) is 2. The molecule has 0 aromatic rings. The maximum Gasteiger partial charge on any atom is 0.224 e. The molecule has 4 heteroatoms. The van der Waals surface area contributed by atoms with Gasteiger partial charge in [0.1, 0.15) is 0 Å². The summed E-state index contributed by atoms with van der Waals surface area (Å²) in [4.78, 5) is 12.1. The van der Waals surface area contributed by atoms with Gasteiger partial charge in [-0.15, -0.1) is 12.4 Å². The number of nitrogens with two attached hydrogens (primary N) is 1. The Balaban J connectivity index is 0.00000144. The van der Waals surface area contributed by atoms with Gasteiger partial charge in [-0.05, 0) is 38.5 Å². The normalized spacial score (nSPS) is 33.4. The van der Waals surface area contributed by atoms with Gasteiger partial charge in [-0.2, -0.15) is 0 Å². The minimum atomic E-state index is -0.290. The molecule has 0 aromatic carbocycles. The van der Waals surface area contributed by atoms with Crippen molar-refractivity contribution in [2.24, 2.45) is 17.6 Å². The molecule has 0 aromatic heterocycles. The Kier molecular flexibility index (Phi) is 5.26. The van der Waals surface area contributed by atoms with Gasteiger partial charge < -0.3 is 11.1 Å². The standard InChI is InChI=1S/C13H24N2O.ClH/c1-13(14)8-3-2-7-11(13)12(16)15-9-10-5-4-6-10;/h10-11H,2-9,14H2,1H3,(H,15,16);1H. The summed E-state index contributed by atoms with van der Waals surface area (Å²) in [5.41, 5.74) is 5.93. The smallest absolute Gasteiger partial charge is 0.224 e. The maximum absolute atomic E-state index is 12.1. The van der Waals surface area contributed by atoms with Crippen molar-refractivity contribution in [1.29, 1.82) is 0 Å². The van der Waals surface area contributed by atoms with Crippen LogP contribution in [0.25, 0.3) is 0 Å². The van der Waals surface area contributed by atoms with E-state index < -0.39 is 0 Å². The molecule has 0 heterocycles. The number of halogens is 1. The van der Waals surface area contributed by atoms with Crippen LogP contribution in [0, 0.1) is 11.8 Å². The first-order chi connectivity index (χ1) is 7.59. The molecule has 2 saturated carbocycles. The summed E-state index contributed by atoms with van der Waals surface area (Å²) in [7, 11) is 0. The van der Waals surface area contributed by atoms with Crippen LogP contribution in [0.4, 0.5) is 0 Å². The van der Waals surface area contributed by atoms with Crippen molar-refractivity contribution in [2.75, 3.05) is 6.54 Å². The first-order valence-electron chi connectivity index (χ1n) is 6.66. The Morgan fingerprint density at radius 3 is 2.53 bits per heavy atom. The second-order valence-electron chi connectivity index (χ2n) is 5.85. The molecule has 2 fully saturated rings.